The summed E-state index contributed by atoms with van der Waals surface area (Å²) in [7, 11) is -3.84. The maximum Gasteiger partial charge on any atom is 0.337 e. The monoisotopic (exact) mass is 330 g/mol. The minimum Gasteiger partial charge on any atom is -0.478 e. The molecule has 2 unspecified atom stereocenters. The van der Waals surface area contributed by atoms with E-state index in [0.717, 1.165) is 0 Å². The van der Waals surface area contributed by atoms with E-state index in [0.29, 0.717) is 13.1 Å². The topological polar surface area (TPSA) is 101 Å². The lowest BCUT2D eigenvalue weighted by atomic mass is 10.2. The van der Waals surface area contributed by atoms with Gasteiger partial charge in [-0.1, -0.05) is 13.8 Å². The van der Waals surface area contributed by atoms with Crippen LogP contribution in [0.15, 0.2) is 23.1 Å². The van der Waals surface area contributed by atoms with E-state index < -0.39 is 16.0 Å². The smallest absolute Gasteiger partial charge is 0.337 e. The maximum absolute atomic E-state index is 12.7. The molecule has 116 valence electrons. The van der Waals surface area contributed by atoms with E-state index in [4.69, 9.17) is 5.73 Å². The lowest BCUT2D eigenvalue weighted by Crippen LogP contribution is -2.44. The number of aromatic carboxylic acids is 1. The van der Waals surface area contributed by atoms with E-state index in [2.05, 4.69) is 0 Å². The molecule has 2 atom stereocenters. The zero-order valence-corrected chi connectivity index (χ0v) is 13.4. The molecule has 8 heteroatoms. The number of anilines is 1. The number of hydrogen-bond donors (Lipinski definition) is 2. The van der Waals surface area contributed by atoms with Gasteiger partial charge in [0.2, 0.25) is 10.0 Å². The number of carboxylic acids is 1. The third-order valence-electron chi connectivity index (χ3n) is 3.24. The Morgan fingerprint density at radius 2 is 1.90 bits per heavy atom. The zero-order valence-electron chi connectivity index (χ0n) is 11.8. The van der Waals surface area contributed by atoms with Gasteiger partial charge in [-0.2, -0.15) is 16.1 Å². The predicted octanol–water partition coefficient (Wildman–Crippen LogP) is 1.48. The summed E-state index contributed by atoms with van der Waals surface area (Å²) in [5.41, 5.74) is 5.50. The SMILES string of the molecule is CC1CN(S(=O)(=O)c2ccc(N)cc2C(=O)O)CC(C)S1. The second kappa shape index (κ2) is 5.86. The first kappa shape index (κ1) is 16.1. The lowest BCUT2D eigenvalue weighted by molar-refractivity contribution is 0.0692. The van der Waals surface area contributed by atoms with Crippen molar-refractivity contribution in [3.8, 4) is 0 Å². The van der Waals surface area contributed by atoms with Crippen molar-refractivity contribution in [2.75, 3.05) is 18.8 Å². The molecule has 0 radical (unpaired) electrons. The largest absolute Gasteiger partial charge is 0.478 e. The van der Waals surface area contributed by atoms with Crippen LogP contribution in [0.25, 0.3) is 0 Å². The molecule has 2 rings (SSSR count). The number of benzene rings is 1. The average molecular weight is 330 g/mol. The predicted molar refractivity (Wildman–Crippen MR) is 83.1 cm³/mol. The van der Waals surface area contributed by atoms with E-state index in [9.17, 15) is 18.3 Å². The summed E-state index contributed by atoms with van der Waals surface area (Å²) in [5, 5.41) is 9.56. The fourth-order valence-electron chi connectivity index (χ4n) is 2.41. The Bertz CT molecular complexity index is 650. The third-order valence-corrected chi connectivity index (χ3v) is 6.36. The standard InChI is InChI=1S/C13H18N2O4S2/c1-8-6-15(7-9(2)20-8)21(18,19)12-4-3-10(14)5-11(12)13(16)17/h3-5,8-9H,6-7,14H2,1-2H3,(H,16,17). The summed E-state index contributed by atoms with van der Waals surface area (Å²) in [6.45, 7) is 4.68. The third kappa shape index (κ3) is 3.33. The van der Waals surface area contributed by atoms with E-state index in [1.165, 1.54) is 22.5 Å². The summed E-state index contributed by atoms with van der Waals surface area (Å²) < 4.78 is 26.8. The molecule has 6 nitrogen and oxygen atoms in total. The molecule has 1 aliphatic rings. The van der Waals surface area contributed by atoms with Crippen molar-refractivity contribution < 1.29 is 18.3 Å². The van der Waals surface area contributed by atoms with Gasteiger partial charge in [0.25, 0.3) is 0 Å². The van der Waals surface area contributed by atoms with Crippen LogP contribution in [-0.2, 0) is 10.0 Å². The Labute approximate surface area is 128 Å². The first-order valence-corrected chi connectivity index (χ1v) is 8.88. The molecule has 1 heterocycles. The molecule has 0 amide bonds. The van der Waals surface area contributed by atoms with Crippen LogP contribution < -0.4 is 5.73 Å². The molecule has 0 aliphatic carbocycles. The highest BCUT2D eigenvalue weighted by Gasteiger charge is 2.34. The van der Waals surface area contributed by atoms with Crippen LogP contribution >= 0.6 is 11.8 Å². The van der Waals surface area contributed by atoms with Gasteiger partial charge in [-0.25, -0.2) is 13.2 Å². The van der Waals surface area contributed by atoms with Crippen molar-refractivity contribution in [1.29, 1.82) is 0 Å². The average Bonchev–Trinajstić information content (AvgIpc) is 2.37. The molecule has 1 aliphatic heterocycles. The second-order valence-corrected chi connectivity index (χ2v) is 8.93. The number of rotatable bonds is 3. The Kier molecular flexibility index (Phi) is 4.50. The summed E-state index contributed by atoms with van der Waals surface area (Å²) in [5.74, 6) is -1.30. The quantitative estimate of drug-likeness (QED) is 0.814. The fraction of sp³-hybridized carbons (Fsp3) is 0.462. The van der Waals surface area contributed by atoms with Crippen molar-refractivity contribution >= 4 is 33.4 Å². The molecule has 3 N–H and O–H groups in total. The molecule has 1 fully saturated rings. The van der Waals surface area contributed by atoms with Crippen LogP contribution in [0.2, 0.25) is 0 Å². The number of nitrogens with two attached hydrogens (primary N) is 1. The molecule has 1 aromatic rings. The number of sulfonamides is 1. The Morgan fingerprint density at radius 3 is 2.43 bits per heavy atom. The molecule has 0 aromatic heterocycles. The van der Waals surface area contributed by atoms with E-state index >= 15 is 0 Å². The number of nitrogens with zero attached hydrogens (tertiary/aromatic N) is 1. The molecule has 1 aromatic carbocycles. The van der Waals surface area contributed by atoms with Gasteiger partial charge < -0.3 is 10.8 Å². The number of thioether (sulfide) groups is 1. The molecular formula is C13H18N2O4S2. The first-order chi connectivity index (χ1) is 9.71. The molecule has 21 heavy (non-hydrogen) atoms. The van der Waals surface area contributed by atoms with Crippen molar-refractivity contribution in [2.45, 2.75) is 29.2 Å². The van der Waals surface area contributed by atoms with Crippen LogP contribution in [0.5, 0.6) is 0 Å². The maximum atomic E-state index is 12.7. The highest BCUT2D eigenvalue weighted by Crippen LogP contribution is 2.30. The van der Waals surface area contributed by atoms with Gasteiger partial charge in [0.1, 0.15) is 0 Å². The highest BCUT2D eigenvalue weighted by atomic mass is 32.2. The highest BCUT2D eigenvalue weighted by molar-refractivity contribution is 8.00. The zero-order chi connectivity index (χ0) is 15.8. The molecule has 0 saturated carbocycles. The van der Waals surface area contributed by atoms with Crippen molar-refractivity contribution in [3.63, 3.8) is 0 Å². The van der Waals surface area contributed by atoms with Gasteiger partial charge in [0, 0.05) is 29.3 Å². The molecular weight excluding hydrogens is 312 g/mol. The van der Waals surface area contributed by atoms with Crippen LogP contribution in [0, 0.1) is 0 Å². The van der Waals surface area contributed by atoms with E-state index in [1.807, 2.05) is 13.8 Å². The van der Waals surface area contributed by atoms with Crippen LogP contribution in [0.4, 0.5) is 5.69 Å². The van der Waals surface area contributed by atoms with Gasteiger partial charge in [-0.3, -0.25) is 0 Å². The lowest BCUT2D eigenvalue weighted by Gasteiger charge is -2.33. The van der Waals surface area contributed by atoms with E-state index in [1.54, 1.807) is 11.8 Å². The molecule has 0 spiro atoms. The van der Waals surface area contributed by atoms with Crippen molar-refractivity contribution in [3.05, 3.63) is 23.8 Å². The minimum absolute atomic E-state index is 0.172. The van der Waals surface area contributed by atoms with Crippen molar-refractivity contribution in [2.24, 2.45) is 0 Å². The van der Waals surface area contributed by atoms with E-state index in [-0.39, 0.29) is 26.6 Å². The molecule has 1 saturated heterocycles. The number of carbonyl (C=O) groups is 1. The summed E-state index contributed by atoms with van der Waals surface area (Å²) in [6, 6.07) is 3.86. The number of hydrogen-bond acceptors (Lipinski definition) is 5. The van der Waals surface area contributed by atoms with Gasteiger partial charge in [0.05, 0.1) is 10.5 Å². The van der Waals surface area contributed by atoms with Gasteiger partial charge >= 0.3 is 5.97 Å². The number of nitrogen functional groups attached to an aromatic ring is 1. The Morgan fingerprint density at radius 1 is 1.33 bits per heavy atom. The van der Waals surface area contributed by atoms with Gasteiger partial charge in [0.15, 0.2) is 0 Å². The van der Waals surface area contributed by atoms with Crippen LogP contribution in [0.3, 0.4) is 0 Å². The molecule has 0 bridgehead atoms. The van der Waals surface area contributed by atoms with Crippen molar-refractivity contribution in [1.82, 2.24) is 4.31 Å². The fourth-order valence-corrected chi connectivity index (χ4v) is 5.70. The Balaban J connectivity index is 2.47. The Hall–Kier alpha value is -1.25. The normalized spacial score (nSPS) is 23.9. The number of carboxylic acid groups (broad SMARTS) is 1. The summed E-state index contributed by atoms with van der Waals surface area (Å²) in [4.78, 5) is 11.1. The van der Waals surface area contributed by atoms with Gasteiger partial charge in [-0.15, -0.1) is 0 Å². The first-order valence-electron chi connectivity index (χ1n) is 6.50. The van der Waals surface area contributed by atoms with Crippen LogP contribution in [0.1, 0.15) is 24.2 Å². The van der Waals surface area contributed by atoms with Gasteiger partial charge in [-0.05, 0) is 18.2 Å². The summed E-state index contributed by atoms with van der Waals surface area (Å²) in [6.07, 6.45) is 0. The minimum atomic E-state index is -3.84. The summed E-state index contributed by atoms with van der Waals surface area (Å²) >= 11 is 1.73. The van der Waals surface area contributed by atoms with Crippen LogP contribution in [-0.4, -0.2) is 47.4 Å². The second-order valence-electron chi connectivity index (χ2n) is 5.14.